The quantitative estimate of drug-likeness (QED) is 0.777. The number of hydrogen-bond acceptors (Lipinski definition) is 5. The van der Waals surface area contributed by atoms with Crippen molar-refractivity contribution in [3.05, 3.63) is 54.1 Å². The summed E-state index contributed by atoms with van der Waals surface area (Å²) in [6.45, 7) is 0. The second-order valence-corrected chi connectivity index (χ2v) is 9.08. The lowest BCUT2D eigenvalue weighted by Crippen LogP contribution is -2.22. The van der Waals surface area contributed by atoms with Gasteiger partial charge in [-0.05, 0) is 42.5 Å². The second kappa shape index (κ2) is 6.82. The van der Waals surface area contributed by atoms with Crippen molar-refractivity contribution in [2.24, 2.45) is 0 Å². The maximum absolute atomic E-state index is 12.4. The van der Waals surface area contributed by atoms with Gasteiger partial charge in [-0.3, -0.25) is 4.72 Å². The van der Waals surface area contributed by atoms with Gasteiger partial charge in [0.25, 0.3) is 10.0 Å². The minimum atomic E-state index is -3.99. The molecule has 2 rings (SSSR count). The van der Waals surface area contributed by atoms with Gasteiger partial charge in [-0.2, -0.15) is 0 Å². The van der Waals surface area contributed by atoms with Crippen molar-refractivity contribution in [2.45, 2.75) is 9.79 Å². The summed E-state index contributed by atoms with van der Waals surface area (Å²) in [6.07, 6.45) is 0. The van der Waals surface area contributed by atoms with Crippen LogP contribution in [0.1, 0.15) is 10.4 Å². The Hall–Kier alpha value is -2.43. The van der Waals surface area contributed by atoms with Gasteiger partial charge in [0.05, 0.1) is 15.4 Å². The molecule has 0 fully saturated rings. The predicted octanol–water partition coefficient (Wildman–Crippen LogP) is 1.44. The van der Waals surface area contributed by atoms with E-state index in [0.29, 0.717) is 0 Å². The van der Waals surface area contributed by atoms with Crippen LogP contribution in [0.5, 0.6) is 0 Å². The lowest BCUT2D eigenvalue weighted by molar-refractivity contribution is 0.0697. The summed E-state index contributed by atoms with van der Waals surface area (Å²) < 4.78 is 52.0. The van der Waals surface area contributed by atoms with Crippen molar-refractivity contribution < 1.29 is 26.7 Å². The van der Waals surface area contributed by atoms with Crippen molar-refractivity contribution in [1.29, 1.82) is 0 Å². The van der Waals surface area contributed by atoms with E-state index in [1.54, 1.807) is 0 Å². The number of hydrogen-bond donors (Lipinski definition) is 2. The molecule has 2 aromatic rings. The van der Waals surface area contributed by atoms with Crippen LogP contribution in [0.2, 0.25) is 0 Å². The summed E-state index contributed by atoms with van der Waals surface area (Å²) in [5.74, 6) is -1.18. The Morgan fingerprint density at radius 3 is 2.04 bits per heavy atom. The van der Waals surface area contributed by atoms with Crippen LogP contribution in [0.25, 0.3) is 0 Å². The van der Waals surface area contributed by atoms with Gasteiger partial charge < -0.3 is 5.11 Å². The minimum absolute atomic E-state index is 0.0377. The second-order valence-electron chi connectivity index (χ2n) is 5.25. The summed E-state index contributed by atoms with van der Waals surface area (Å²) in [5.41, 5.74) is 0.0255. The average molecular weight is 384 g/mol. The maximum atomic E-state index is 12.4. The highest BCUT2D eigenvalue weighted by atomic mass is 32.2. The number of carboxylic acids is 1. The lowest BCUT2D eigenvalue weighted by atomic mass is 10.2. The Balaban J connectivity index is 2.32. The molecule has 0 aliphatic carbocycles. The predicted molar refractivity (Wildman–Crippen MR) is 91.5 cm³/mol. The third-order valence-electron chi connectivity index (χ3n) is 3.27. The Bertz CT molecular complexity index is 997. The fourth-order valence-electron chi connectivity index (χ4n) is 1.93. The van der Waals surface area contributed by atoms with Crippen molar-refractivity contribution in [2.75, 3.05) is 18.8 Å². The Morgan fingerprint density at radius 2 is 1.52 bits per heavy atom. The number of carboxylic acid groups (broad SMARTS) is 1. The summed E-state index contributed by atoms with van der Waals surface area (Å²) >= 11 is 0. The van der Waals surface area contributed by atoms with Gasteiger partial charge in [-0.15, -0.1) is 0 Å². The number of carbonyl (C=O) groups is 1. The number of sulfonamides is 2. The summed E-state index contributed by atoms with van der Waals surface area (Å²) in [5, 5.41) is 8.94. The molecule has 0 saturated carbocycles. The molecule has 0 aliphatic rings. The van der Waals surface area contributed by atoms with E-state index in [0.717, 1.165) is 4.31 Å². The molecule has 25 heavy (non-hydrogen) atoms. The van der Waals surface area contributed by atoms with Gasteiger partial charge in [0.15, 0.2) is 0 Å². The van der Waals surface area contributed by atoms with Crippen LogP contribution in [-0.2, 0) is 20.0 Å². The van der Waals surface area contributed by atoms with Crippen LogP contribution in [-0.4, -0.2) is 46.3 Å². The van der Waals surface area contributed by atoms with E-state index in [1.807, 2.05) is 0 Å². The van der Waals surface area contributed by atoms with Crippen LogP contribution in [0.4, 0.5) is 5.69 Å². The van der Waals surface area contributed by atoms with Gasteiger partial charge >= 0.3 is 5.97 Å². The monoisotopic (exact) mass is 384 g/mol. The Morgan fingerprint density at radius 1 is 0.960 bits per heavy atom. The third-order valence-corrected chi connectivity index (χ3v) is 6.50. The van der Waals surface area contributed by atoms with Crippen molar-refractivity contribution >= 4 is 31.7 Å². The Labute approximate surface area is 145 Å². The molecule has 8 nitrogen and oxygen atoms in total. The van der Waals surface area contributed by atoms with Gasteiger partial charge in [-0.1, -0.05) is 6.07 Å². The van der Waals surface area contributed by atoms with E-state index in [9.17, 15) is 21.6 Å². The molecule has 0 atom stereocenters. The molecule has 0 heterocycles. The van der Waals surface area contributed by atoms with Gasteiger partial charge in [0, 0.05) is 19.8 Å². The summed E-state index contributed by atoms with van der Waals surface area (Å²) in [7, 11) is -4.91. The highest BCUT2D eigenvalue weighted by Crippen LogP contribution is 2.20. The molecule has 0 saturated heterocycles. The summed E-state index contributed by atoms with van der Waals surface area (Å²) in [4.78, 5) is 10.8. The molecule has 0 aromatic heterocycles. The standard InChI is InChI=1S/C15H16N2O6S2/c1-17(2)25(22,23)14-8-6-13(7-9-14)24(20,21)16-12-5-3-4-11(10-12)15(18)19/h3-10,16H,1-2H3,(H,18,19). The molecule has 2 N–H and O–H groups in total. The smallest absolute Gasteiger partial charge is 0.335 e. The topological polar surface area (TPSA) is 121 Å². The molecule has 0 unspecified atom stereocenters. The van der Waals surface area contributed by atoms with Crippen LogP contribution < -0.4 is 4.72 Å². The summed E-state index contributed by atoms with van der Waals surface area (Å²) in [6, 6.07) is 10.1. The van der Waals surface area contributed by atoms with Crippen LogP contribution in [0.15, 0.2) is 58.3 Å². The van der Waals surface area contributed by atoms with Crippen LogP contribution in [0, 0.1) is 0 Å². The van der Waals surface area contributed by atoms with Gasteiger partial charge in [-0.25, -0.2) is 25.9 Å². The number of rotatable bonds is 6. The van der Waals surface area contributed by atoms with Crippen molar-refractivity contribution in [3.63, 3.8) is 0 Å². The van der Waals surface area contributed by atoms with Crippen LogP contribution in [0.3, 0.4) is 0 Å². The molecule has 0 radical (unpaired) electrons. The van der Waals surface area contributed by atoms with E-state index in [1.165, 1.54) is 62.6 Å². The van der Waals surface area contributed by atoms with E-state index < -0.39 is 26.0 Å². The molecule has 0 aliphatic heterocycles. The number of aromatic carboxylic acids is 1. The number of nitrogens with zero attached hydrogens (tertiary/aromatic N) is 1. The third kappa shape index (κ3) is 4.16. The number of anilines is 1. The normalized spacial score (nSPS) is 12.1. The zero-order chi connectivity index (χ0) is 18.8. The molecular weight excluding hydrogens is 368 g/mol. The molecule has 0 bridgehead atoms. The first kappa shape index (κ1) is 18.9. The fraction of sp³-hybridized carbons (Fsp3) is 0.133. The van der Waals surface area contributed by atoms with Gasteiger partial charge in [0.2, 0.25) is 10.0 Å². The molecule has 10 heteroatoms. The highest BCUT2D eigenvalue weighted by molar-refractivity contribution is 7.92. The van der Waals surface area contributed by atoms with Crippen molar-refractivity contribution in [1.82, 2.24) is 4.31 Å². The minimum Gasteiger partial charge on any atom is -0.478 e. The van der Waals surface area contributed by atoms with E-state index in [4.69, 9.17) is 5.11 Å². The maximum Gasteiger partial charge on any atom is 0.335 e. The molecule has 0 amide bonds. The first-order valence-electron chi connectivity index (χ1n) is 6.93. The van der Waals surface area contributed by atoms with Crippen molar-refractivity contribution in [3.8, 4) is 0 Å². The lowest BCUT2D eigenvalue weighted by Gasteiger charge is -2.12. The molecular formula is C15H16N2O6S2. The molecule has 134 valence electrons. The largest absolute Gasteiger partial charge is 0.478 e. The molecule has 2 aromatic carbocycles. The Kier molecular flexibility index (Phi) is 5.16. The van der Waals surface area contributed by atoms with Gasteiger partial charge in [0.1, 0.15) is 0 Å². The molecule has 0 spiro atoms. The van der Waals surface area contributed by atoms with E-state index >= 15 is 0 Å². The first-order valence-corrected chi connectivity index (χ1v) is 9.85. The van der Waals surface area contributed by atoms with Crippen LogP contribution >= 0.6 is 0 Å². The fourth-order valence-corrected chi connectivity index (χ4v) is 3.88. The first-order chi connectivity index (χ1) is 11.5. The SMILES string of the molecule is CN(C)S(=O)(=O)c1ccc(S(=O)(=O)Nc2cccc(C(=O)O)c2)cc1. The zero-order valence-electron chi connectivity index (χ0n) is 13.4. The van der Waals surface area contributed by atoms with E-state index in [-0.39, 0.29) is 21.0 Å². The number of benzene rings is 2. The average Bonchev–Trinajstić information content (AvgIpc) is 2.54. The zero-order valence-corrected chi connectivity index (χ0v) is 15.0. The van der Waals surface area contributed by atoms with E-state index in [2.05, 4.69) is 4.72 Å². The highest BCUT2D eigenvalue weighted by Gasteiger charge is 2.20. The number of nitrogens with one attached hydrogen (secondary N) is 1.